The number of rotatable bonds is 7. The molecule has 1 aliphatic rings. The molecule has 4 rings (SSSR count). The number of ether oxygens (including phenoxy) is 2. The molecule has 0 atom stereocenters. The van der Waals surface area contributed by atoms with Gasteiger partial charge in [-0.2, -0.15) is 0 Å². The fraction of sp³-hybridized carbons (Fsp3) is 0.167. The van der Waals surface area contributed by atoms with Crippen LogP contribution in [0.5, 0.6) is 11.5 Å². The number of hydrogen-bond donors (Lipinski definition) is 1. The first-order valence-corrected chi connectivity index (χ1v) is 9.78. The molecule has 0 fully saturated rings. The average Bonchev–Trinajstić information content (AvgIpc) is 2.77. The summed E-state index contributed by atoms with van der Waals surface area (Å²) in [5.41, 5.74) is 2.27. The lowest BCUT2D eigenvalue weighted by atomic mass is 10.1. The predicted octanol–water partition coefficient (Wildman–Crippen LogP) is 4.02. The fourth-order valence-corrected chi connectivity index (χ4v) is 3.22. The Morgan fingerprint density at radius 3 is 2.50 bits per heavy atom. The summed E-state index contributed by atoms with van der Waals surface area (Å²) in [6.45, 7) is 0.725. The first-order chi connectivity index (χ1) is 14.7. The molecule has 0 saturated carbocycles. The van der Waals surface area contributed by atoms with Gasteiger partial charge in [0, 0.05) is 5.69 Å². The van der Waals surface area contributed by atoms with Gasteiger partial charge in [0.1, 0.15) is 11.5 Å². The zero-order chi connectivity index (χ0) is 20.8. The Morgan fingerprint density at radius 2 is 1.73 bits per heavy atom. The monoisotopic (exact) mass is 402 g/mol. The van der Waals surface area contributed by atoms with E-state index in [1.165, 1.54) is 0 Å². The maximum Gasteiger partial charge on any atom is 0.265 e. The molecule has 0 aliphatic carbocycles. The summed E-state index contributed by atoms with van der Waals surface area (Å²) in [6, 6.07) is 24.4. The van der Waals surface area contributed by atoms with Crippen molar-refractivity contribution in [3.8, 4) is 11.5 Å². The largest absolute Gasteiger partial charge is 0.493 e. The molecule has 0 bridgehead atoms. The standard InChI is InChI=1S/C24H22N2O4/c27-23(13-14-29-20-9-5-2-6-10-20)25-19-11-12-22-21(15-19)26(24(28)17-30-22)16-18-7-3-1-4-8-18/h1-12,15H,13-14,16-17H2,(H,25,27). The summed E-state index contributed by atoms with van der Waals surface area (Å²) in [7, 11) is 0. The molecule has 3 aromatic rings. The molecule has 6 nitrogen and oxygen atoms in total. The fourth-order valence-electron chi connectivity index (χ4n) is 3.22. The number of fused-ring (bicyclic) bond motifs is 1. The highest BCUT2D eigenvalue weighted by molar-refractivity contribution is 5.99. The lowest BCUT2D eigenvalue weighted by Crippen LogP contribution is -2.38. The smallest absolute Gasteiger partial charge is 0.265 e. The highest BCUT2D eigenvalue weighted by atomic mass is 16.5. The summed E-state index contributed by atoms with van der Waals surface area (Å²) in [6.07, 6.45) is 0.217. The summed E-state index contributed by atoms with van der Waals surface area (Å²) in [5.74, 6) is 1.07. The van der Waals surface area contributed by atoms with E-state index in [-0.39, 0.29) is 31.4 Å². The first-order valence-electron chi connectivity index (χ1n) is 9.78. The van der Waals surface area contributed by atoms with Crippen LogP contribution in [0.4, 0.5) is 11.4 Å². The summed E-state index contributed by atoms with van der Waals surface area (Å²) in [5, 5.41) is 2.87. The zero-order valence-corrected chi connectivity index (χ0v) is 16.4. The number of anilines is 2. The second kappa shape index (κ2) is 9.13. The number of nitrogens with zero attached hydrogens (tertiary/aromatic N) is 1. The molecule has 30 heavy (non-hydrogen) atoms. The van der Waals surface area contributed by atoms with E-state index in [2.05, 4.69) is 5.32 Å². The van der Waals surface area contributed by atoms with Crippen LogP contribution in [0.2, 0.25) is 0 Å². The van der Waals surface area contributed by atoms with E-state index in [0.717, 1.165) is 11.3 Å². The predicted molar refractivity (Wildman–Crippen MR) is 115 cm³/mol. The van der Waals surface area contributed by atoms with Gasteiger partial charge in [0.2, 0.25) is 5.91 Å². The van der Waals surface area contributed by atoms with Crippen LogP contribution in [-0.4, -0.2) is 25.0 Å². The summed E-state index contributed by atoms with van der Waals surface area (Å²) >= 11 is 0. The Hall–Kier alpha value is -3.80. The van der Waals surface area contributed by atoms with E-state index in [1.807, 2.05) is 60.7 Å². The molecule has 0 radical (unpaired) electrons. The van der Waals surface area contributed by atoms with Crippen LogP contribution in [0.15, 0.2) is 78.9 Å². The lowest BCUT2D eigenvalue weighted by Gasteiger charge is -2.30. The summed E-state index contributed by atoms with van der Waals surface area (Å²) < 4.78 is 11.1. The molecule has 1 heterocycles. The van der Waals surface area contributed by atoms with E-state index in [4.69, 9.17) is 9.47 Å². The number of amides is 2. The summed E-state index contributed by atoms with van der Waals surface area (Å²) in [4.78, 5) is 26.5. The van der Waals surface area contributed by atoms with Crippen molar-refractivity contribution in [1.29, 1.82) is 0 Å². The Bertz CT molecular complexity index is 1020. The number of carbonyl (C=O) groups is 2. The molecule has 152 valence electrons. The van der Waals surface area contributed by atoms with E-state index in [0.29, 0.717) is 23.7 Å². The van der Waals surface area contributed by atoms with E-state index in [1.54, 1.807) is 23.1 Å². The van der Waals surface area contributed by atoms with Gasteiger partial charge in [0.25, 0.3) is 5.91 Å². The van der Waals surface area contributed by atoms with Gasteiger partial charge in [-0.15, -0.1) is 0 Å². The Balaban J connectivity index is 1.41. The van der Waals surface area contributed by atoms with Gasteiger partial charge < -0.3 is 19.7 Å². The second-order valence-electron chi connectivity index (χ2n) is 6.90. The van der Waals surface area contributed by atoms with E-state index < -0.39 is 0 Å². The molecular formula is C24H22N2O4. The number of carbonyl (C=O) groups excluding carboxylic acids is 2. The molecule has 0 spiro atoms. The van der Waals surface area contributed by atoms with Crippen molar-refractivity contribution in [3.05, 3.63) is 84.4 Å². The molecular weight excluding hydrogens is 380 g/mol. The van der Waals surface area contributed by atoms with Crippen LogP contribution < -0.4 is 19.7 Å². The molecule has 3 aromatic carbocycles. The van der Waals surface area contributed by atoms with Crippen LogP contribution in [0, 0.1) is 0 Å². The van der Waals surface area contributed by atoms with Crippen molar-refractivity contribution >= 4 is 23.2 Å². The molecule has 0 saturated heterocycles. The Kier molecular flexibility index (Phi) is 5.94. The molecule has 0 aromatic heterocycles. The van der Waals surface area contributed by atoms with E-state index in [9.17, 15) is 9.59 Å². The molecule has 6 heteroatoms. The van der Waals surface area contributed by atoms with Gasteiger partial charge in [-0.3, -0.25) is 9.59 Å². The Morgan fingerprint density at radius 1 is 1.00 bits per heavy atom. The zero-order valence-electron chi connectivity index (χ0n) is 16.4. The van der Waals surface area contributed by atoms with Crippen LogP contribution in [0.3, 0.4) is 0 Å². The van der Waals surface area contributed by atoms with Crippen LogP contribution >= 0.6 is 0 Å². The van der Waals surface area contributed by atoms with Gasteiger partial charge in [-0.25, -0.2) is 0 Å². The third-order valence-electron chi connectivity index (χ3n) is 4.71. The molecule has 2 amide bonds. The van der Waals surface area contributed by atoms with Crippen molar-refractivity contribution in [2.75, 3.05) is 23.4 Å². The Labute approximate surface area is 175 Å². The minimum Gasteiger partial charge on any atom is -0.493 e. The van der Waals surface area contributed by atoms with Crippen molar-refractivity contribution in [2.45, 2.75) is 13.0 Å². The van der Waals surface area contributed by atoms with Crippen LogP contribution in [-0.2, 0) is 16.1 Å². The van der Waals surface area contributed by atoms with Crippen LogP contribution in [0.1, 0.15) is 12.0 Å². The third-order valence-corrected chi connectivity index (χ3v) is 4.71. The van der Waals surface area contributed by atoms with Gasteiger partial charge in [0.15, 0.2) is 6.61 Å². The molecule has 0 unspecified atom stereocenters. The van der Waals surface area contributed by atoms with Gasteiger partial charge >= 0.3 is 0 Å². The topological polar surface area (TPSA) is 67.9 Å². The second-order valence-corrected chi connectivity index (χ2v) is 6.90. The van der Waals surface area contributed by atoms with Crippen LogP contribution in [0.25, 0.3) is 0 Å². The quantitative estimate of drug-likeness (QED) is 0.648. The first kappa shape index (κ1) is 19.5. The van der Waals surface area contributed by atoms with Crippen molar-refractivity contribution in [1.82, 2.24) is 0 Å². The van der Waals surface area contributed by atoms with Crippen molar-refractivity contribution < 1.29 is 19.1 Å². The maximum absolute atomic E-state index is 12.5. The highest BCUT2D eigenvalue weighted by Gasteiger charge is 2.26. The van der Waals surface area contributed by atoms with Gasteiger partial charge in [-0.1, -0.05) is 48.5 Å². The number of benzene rings is 3. The SMILES string of the molecule is O=C(CCOc1ccccc1)Nc1ccc2c(c1)N(Cc1ccccc1)C(=O)CO2. The molecule has 1 aliphatic heterocycles. The highest BCUT2D eigenvalue weighted by Crippen LogP contribution is 2.35. The normalized spacial score (nSPS) is 12.7. The number of para-hydroxylation sites is 1. The number of hydrogen-bond acceptors (Lipinski definition) is 4. The maximum atomic E-state index is 12.5. The molecule has 1 N–H and O–H groups in total. The minimum absolute atomic E-state index is 0.00235. The van der Waals surface area contributed by atoms with Gasteiger partial charge in [0.05, 0.1) is 25.3 Å². The lowest BCUT2D eigenvalue weighted by molar-refractivity contribution is -0.121. The van der Waals surface area contributed by atoms with Crippen molar-refractivity contribution in [2.24, 2.45) is 0 Å². The van der Waals surface area contributed by atoms with Crippen molar-refractivity contribution in [3.63, 3.8) is 0 Å². The number of nitrogens with one attached hydrogen (secondary N) is 1. The third kappa shape index (κ3) is 4.78. The average molecular weight is 402 g/mol. The minimum atomic E-state index is -0.163. The van der Waals surface area contributed by atoms with Gasteiger partial charge in [-0.05, 0) is 35.9 Å². The van der Waals surface area contributed by atoms with E-state index >= 15 is 0 Å².